The number of piperidine rings is 1. The van der Waals surface area contributed by atoms with Gasteiger partial charge in [0.25, 0.3) is 0 Å². The van der Waals surface area contributed by atoms with E-state index in [1.807, 2.05) is 22.9 Å². The van der Waals surface area contributed by atoms with E-state index in [1.165, 1.54) is 0 Å². The summed E-state index contributed by atoms with van der Waals surface area (Å²) in [5.41, 5.74) is 2.81. The first kappa shape index (κ1) is 22.3. The third-order valence-corrected chi connectivity index (χ3v) is 7.67. The molecular weight excluding hydrogens is 426 g/mol. The molecule has 1 aliphatic rings. The zero-order valence-electron chi connectivity index (χ0n) is 18.6. The quantitative estimate of drug-likeness (QED) is 0.358. The second-order valence-corrected chi connectivity index (χ2v) is 15.5. The van der Waals surface area contributed by atoms with Gasteiger partial charge in [0, 0.05) is 37.9 Å². The highest BCUT2D eigenvalue weighted by molar-refractivity contribution is 6.76. The lowest BCUT2D eigenvalue weighted by atomic mass is 10.1. The Balaban J connectivity index is 1.59. The number of pyridine rings is 1. The molecule has 0 unspecified atom stereocenters. The van der Waals surface area contributed by atoms with Crippen LogP contribution in [0.25, 0.3) is 22.2 Å². The van der Waals surface area contributed by atoms with Crippen molar-refractivity contribution >= 4 is 36.4 Å². The molecule has 0 amide bonds. The Bertz CT molecular complexity index is 1030. The SMILES string of the molecule is C[Si](C)(C)CCOCn1nc(-c2cc(NC3CCNCC3)ncc2Cl)c2ccccc21. The number of nitrogens with zero attached hydrogens (tertiary/aromatic N) is 3. The highest BCUT2D eigenvalue weighted by atomic mass is 35.5. The van der Waals surface area contributed by atoms with Gasteiger partial charge < -0.3 is 15.4 Å². The molecular formula is C23H32ClN5OSi. The first-order valence-corrected chi connectivity index (χ1v) is 15.2. The summed E-state index contributed by atoms with van der Waals surface area (Å²) in [5, 5.41) is 13.5. The minimum Gasteiger partial charge on any atom is -0.367 e. The van der Waals surface area contributed by atoms with E-state index in [4.69, 9.17) is 21.4 Å². The van der Waals surface area contributed by atoms with Gasteiger partial charge >= 0.3 is 0 Å². The van der Waals surface area contributed by atoms with Crippen LogP contribution in [0.5, 0.6) is 0 Å². The van der Waals surface area contributed by atoms with E-state index in [0.29, 0.717) is 17.8 Å². The van der Waals surface area contributed by atoms with E-state index in [9.17, 15) is 0 Å². The summed E-state index contributed by atoms with van der Waals surface area (Å²) in [7, 11) is -1.12. The van der Waals surface area contributed by atoms with Crippen LogP contribution >= 0.6 is 11.6 Å². The maximum Gasteiger partial charge on any atom is 0.140 e. The fraction of sp³-hybridized carbons (Fsp3) is 0.478. The topological polar surface area (TPSA) is 64.0 Å². The number of hydrogen-bond acceptors (Lipinski definition) is 5. The van der Waals surface area contributed by atoms with Gasteiger partial charge in [-0.25, -0.2) is 9.67 Å². The van der Waals surface area contributed by atoms with Gasteiger partial charge in [0.05, 0.1) is 10.5 Å². The molecule has 0 atom stereocenters. The molecule has 2 aromatic heterocycles. The molecule has 166 valence electrons. The van der Waals surface area contributed by atoms with E-state index in [1.54, 1.807) is 6.20 Å². The Kier molecular flexibility index (Phi) is 6.96. The van der Waals surface area contributed by atoms with Gasteiger partial charge in [-0.2, -0.15) is 5.10 Å². The molecule has 31 heavy (non-hydrogen) atoms. The standard InChI is InChI=1S/C23H32ClN5OSi/c1-31(2,3)13-12-30-16-29-21-7-5-4-6-18(21)23(28-29)19-14-22(26-15-20(19)24)27-17-8-10-25-11-9-17/h4-7,14-15,17,25H,8-13,16H2,1-3H3,(H,26,27). The van der Waals surface area contributed by atoms with Crippen LogP contribution in [0.2, 0.25) is 30.7 Å². The largest absolute Gasteiger partial charge is 0.367 e. The first-order valence-electron chi connectivity index (χ1n) is 11.1. The molecule has 1 aliphatic heterocycles. The second-order valence-electron chi connectivity index (χ2n) is 9.43. The number of benzene rings is 1. The summed E-state index contributed by atoms with van der Waals surface area (Å²) < 4.78 is 7.92. The van der Waals surface area contributed by atoms with Gasteiger partial charge in [0.1, 0.15) is 18.2 Å². The minimum absolute atomic E-state index is 0.428. The van der Waals surface area contributed by atoms with Crippen molar-refractivity contribution in [1.82, 2.24) is 20.1 Å². The zero-order chi connectivity index (χ0) is 21.8. The number of anilines is 1. The molecule has 0 saturated carbocycles. The average molecular weight is 458 g/mol. The van der Waals surface area contributed by atoms with Crippen molar-refractivity contribution in [3.05, 3.63) is 41.6 Å². The van der Waals surface area contributed by atoms with Crippen molar-refractivity contribution in [3.63, 3.8) is 0 Å². The Morgan fingerprint density at radius 1 is 1.23 bits per heavy atom. The average Bonchev–Trinajstić information content (AvgIpc) is 3.11. The Morgan fingerprint density at radius 2 is 2.00 bits per heavy atom. The van der Waals surface area contributed by atoms with Crippen molar-refractivity contribution in [3.8, 4) is 11.3 Å². The summed E-state index contributed by atoms with van der Waals surface area (Å²) in [6.45, 7) is 10.3. The number of halogens is 1. The van der Waals surface area contributed by atoms with Crippen molar-refractivity contribution in [2.45, 2.75) is 51.3 Å². The fourth-order valence-corrected chi connectivity index (χ4v) is 4.78. The van der Waals surface area contributed by atoms with Crippen LogP contribution in [0.3, 0.4) is 0 Å². The predicted molar refractivity (Wildman–Crippen MR) is 132 cm³/mol. The molecule has 6 nitrogen and oxygen atoms in total. The lowest BCUT2D eigenvalue weighted by molar-refractivity contribution is 0.0818. The molecule has 1 saturated heterocycles. The number of aromatic nitrogens is 3. The van der Waals surface area contributed by atoms with Crippen LogP contribution in [-0.4, -0.2) is 48.6 Å². The monoisotopic (exact) mass is 457 g/mol. The van der Waals surface area contributed by atoms with Gasteiger partial charge in [-0.1, -0.05) is 49.4 Å². The highest BCUT2D eigenvalue weighted by Crippen LogP contribution is 2.34. The number of hydrogen-bond donors (Lipinski definition) is 2. The second kappa shape index (κ2) is 9.69. The lowest BCUT2D eigenvalue weighted by Crippen LogP contribution is -2.35. The van der Waals surface area contributed by atoms with Crippen LogP contribution in [0.4, 0.5) is 5.82 Å². The fourth-order valence-electron chi connectivity index (χ4n) is 3.83. The van der Waals surface area contributed by atoms with Crippen LogP contribution in [-0.2, 0) is 11.5 Å². The molecule has 0 spiro atoms. The van der Waals surface area contributed by atoms with E-state index in [-0.39, 0.29) is 0 Å². The molecule has 4 rings (SSSR count). The Morgan fingerprint density at radius 3 is 2.77 bits per heavy atom. The number of rotatable bonds is 8. The summed E-state index contributed by atoms with van der Waals surface area (Å²) in [6, 6.07) is 11.8. The molecule has 0 bridgehead atoms. The van der Waals surface area contributed by atoms with Crippen LogP contribution in [0, 0.1) is 0 Å². The van der Waals surface area contributed by atoms with Crippen LogP contribution in [0.1, 0.15) is 12.8 Å². The maximum atomic E-state index is 6.58. The van der Waals surface area contributed by atoms with Crippen molar-refractivity contribution < 1.29 is 4.74 Å². The van der Waals surface area contributed by atoms with Crippen LogP contribution in [0.15, 0.2) is 36.5 Å². The maximum absolute atomic E-state index is 6.58. The molecule has 0 aliphatic carbocycles. The van der Waals surface area contributed by atoms with E-state index >= 15 is 0 Å². The van der Waals surface area contributed by atoms with Crippen LogP contribution < -0.4 is 10.6 Å². The molecule has 3 heterocycles. The minimum atomic E-state index is -1.12. The molecule has 0 radical (unpaired) electrons. The summed E-state index contributed by atoms with van der Waals surface area (Å²) in [6.07, 6.45) is 3.90. The summed E-state index contributed by atoms with van der Waals surface area (Å²) in [4.78, 5) is 4.51. The van der Waals surface area contributed by atoms with Crippen molar-refractivity contribution in [2.75, 3.05) is 25.0 Å². The highest BCUT2D eigenvalue weighted by Gasteiger charge is 2.18. The van der Waals surface area contributed by atoms with Crippen molar-refractivity contribution in [1.29, 1.82) is 0 Å². The molecule has 1 fully saturated rings. The summed E-state index contributed by atoms with van der Waals surface area (Å²) in [5.74, 6) is 0.844. The van der Waals surface area contributed by atoms with Gasteiger partial charge in [-0.15, -0.1) is 0 Å². The van der Waals surface area contributed by atoms with Gasteiger partial charge in [0.15, 0.2) is 0 Å². The molecule has 2 N–H and O–H groups in total. The number of ether oxygens (including phenoxy) is 1. The normalized spacial score (nSPS) is 15.5. The lowest BCUT2D eigenvalue weighted by Gasteiger charge is -2.24. The van der Waals surface area contributed by atoms with Crippen molar-refractivity contribution in [2.24, 2.45) is 0 Å². The van der Waals surface area contributed by atoms with Gasteiger partial charge in [0.2, 0.25) is 0 Å². The third kappa shape index (κ3) is 5.66. The van der Waals surface area contributed by atoms with E-state index in [0.717, 1.165) is 66.6 Å². The van der Waals surface area contributed by atoms with Gasteiger partial charge in [-0.05, 0) is 44.1 Å². The smallest absolute Gasteiger partial charge is 0.140 e. The Hall–Kier alpha value is -1.93. The molecule has 8 heteroatoms. The third-order valence-electron chi connectivity index (χ3n) is 5.67. The molecule has 3 aromatic rings. The number of fused-ring (bicyclic) bond motifs is 1. The van der Waals surface area contributed by atoms with Gasteiger partial charge in [-0.3, -0.25) is 0 Å². The number of nitrogens with one attached hydrogen (secondary N) is 2. The first-order chi connectivity index (χ1) is 14.9. The summed E-state index contributed by atoms with van der Waals surface area (Å²) >= 11 is 6.58. The zero-order valence-corrected chi connectivity index (χ0v) is 20.4. The van der Waals surface area contributed by atoms with E-state index < -0.39 is 8.07 Å². The van der Waals surface area contributed by atoms with E-state index in [2.05, 4.69) is 47.4 Å². The number of para-hydroxylation sites is 1. The Labute approximate surface area is 190 Å². The predicted octanol–water partition coefficient (Wildman–Crippen LogP) is 5.23. The molecule has 1 aromatic carbocycles.